The second kappa shape index (κ2) is 15.7. The average molecular weight is 879 g/mol. The highest BCUT2D eigenvalue weighted by molar-refractivity contribution is 6.18. The molecule has 0 fully saturated rings. The summed E-state index contributed by atoms with van der Waals surface area (Å²) >= 11 is 0. The topological polar surface area (TPSA) is 21.3 Å². The molecule has 322 valence electrons. The van der Waals surface area contributed by atoms with Crippen LogP contribution in [-0.4, -0.2) is 4.57 Å². The lowest BCUT2D eigenvalue weighted by atomic mass is 9.93. The van der Waals surface area contributed by atoms with E-state index in [0.29, 0.717) is 0 Å². The second-order valence-corrected chi connectivity index (χ2v) is 18.0. The summed E-state index contributed by atoms with van der Waals surface area (Å²) in [5.74, 6) is 0. The van der Waals surface area contributed by atoms with E-state index >= 15 is 0 Å². The predicted molar refractivity (Wildman–Crippen MR) is 292 cm³/mol. The number of benzene rings is 12. The van der Waals surface area contributed by atoms with Crippen LogP contribution in [0.15, 0.2) is 259 Å². The van der Waals surface area contributed by atoms with Crippen molar-refractivity contribution in [3.8, 4) is 39.1 Å². The van der Waals surface area contributed by atoms with Gasteiger partial charge in [-0.15, -0.1) is 0 Å². The van der Waals surface area contributed by atoms with E-state index < -0.39 is 0 Å². The lowest BCUT2D eigenvalue weighted by molar-refractivity contribution is 0.670. The molecule has 0 aliphatic carbocycles. The second-order valence-electron chi connectivity index (χ2n) is 18.0. The third kappa shape index (κ3) is 6.36. The van der Waals surface area contributed by atoms with E-state index in [2.05, 4.69) is 264 Å². The Morgan fingerprint density at radius 3 is 1.64 bits per heavy atom. The van der Waals surface area contributed by atoms with Crippen LogP contribution in [-0.2, 0) is 0 Å². The smallest absolute Gasteiger partial charge is 0.145 e. The molecule has 0 atom stereocenters. The number of nitrogens with zero attached hydrogens (tertiary/aromatic N) is 2. The summed E-state index contributed by atoms with van der Waals surface area (Å²) in [5, 5.41) is 12.1. The van der Waals surface area contributed by atoms with E-state index in [4.69, 9.17) is 4.42 Å². The summed E-state index contributed by atoms with van der Waals surface area (Å²) in [4.78, 5) is 2.40. The summed E-state index contributed by atoms with van der Waals surface area (Å²) in [5.41, 5.74) is 15.2. The standard InChI is InChI=1S/C66H42N2O/c1-2-15-46-40-47(29-28-43(46)14-1)44-30-34-50(35-31-44)67(51-36-32-45(33-37-51)60-42-49-16-3-4-19-53(49)55-20-5-6-21-56(55)60)63-39-38-54(66-65(63)59-24-9-12-27-64(59)69-66)48-17-13-18-52(41-48)68-61-25-10-7-22-57(61)58-23-8-11-26-62(58)68/h1-42H. The van der Waals surface area contributed by atoms with Gasteiger partial charge in [0.25, 0.3) is 0 Å². The van der Waals surface area contributed by atoms with E-state index in [1.54, 1.807) is 0 Å². The van der Waals surface area contributed by atoms with Gasteiger partial charge in [0.15, 0.2) is 0 Å². The number of para-hydroxylation sites is 3. The van der Waals surface area contributed by atoms with Gasteiger partial charge in [-0.05, 0) is 139 Å². The molecule has 0 unspecified atom stereocenters. The number of hydrogen-bond acceptors (Lipinski definition) is 2. The van der Waals surface area contributed by atoms with Crippen molar-refractivity contribution in [1.82, 2.24) is 4.57 Å². The average Bonchev–Trinajstić information content (AvgIpc) is 3.98. The molecule has 2 aromatic heterocycles. The van der Waals surface area contributed by atoms with Gasteiger partial charge >= 0.3 is 0 Å². The number of aromatic nitrogens is 1. The van der Waals surface area contributed by atoms with Gasteiger partial charge in [-0.3, -0.25) is 0 Å². The van der Waals surface area contributed by atoms with E-state index in [1.807, 2.05) is 0 Å². The molecule has 3 heteroatoms. The monoisotopic (exact) mass is 878 g/mol. The maximum absolute atomic E-state index is 7.00. The number of fused-ring (bicyclic) bond motifs is 10. The lowest BCUT2D eigenvalue weighted by Gasteiger charge is -2.27. The first kappa shape index (κ1) is 39.0. The van der Waals surface area contributed by atoms with Crippen LogP contribution in [0.5, 0.6) is 0 Å². The molecular formula is C66H42N2O. The number of hydrogen-bond donors (Lipinski definition) is 0. The van der Waals surface area contributed by atoms with Crippen LogP contribution >= 0.6 is 0 Å². The first-order chi connectivity index (χ1) is 34.2. The van der Waals surface area contributed by atoms with Crippen molar-refractivity contribution < 1.29 is 4.42 Å². The molecule has 0 aliphatic heterocycles. The minimum Gasteiger partial charge on any atom is -0.455 e. The summed E-state index contributed by atoms with van der Waals surface area (Å²) in [6.07, 6.45) is 0. The number of furan rings is 1. The molecule has 0 saturated carbocycles. The van der Waals surface area contributed by atoms with Crippen molar-refractivity contribution in [2.45, 2.75) is 0 Å². The van der Waals surface area contributed by atoms with E-state index in [1.165, 1.54) is 76.4 Å². The van der Waals surface area contributed by atoms with Gasteiger partial charge in [-0.2, -0.15) is 0 Å². The van der Waals surface area contributed by atoms with E-state index in [9.17, 15) is 0 Å². The third-order valence-electron chi connectivity index (χ3n) is 14.2. The van der Waals surface area contributed by atoms with Crippen molar-refractivity contribution in [1.29, 1.82) is 0 Å². The molecule has 69 heavy (non-hydrogen) atoms. The van der Waals surface area contributed by atoms with Gasteiger partial charge in [0, 0.05) is 38.8 Å². The molecule has 3 nitrogen and oxygen atoms in total. The number of rotatable bonds is 7. The van der Waals surface area contributed by atoms with Crippen LogP contribution in [0.4, 0.5) is 17.1 Å². The Balaban J connectivity index is 0.949. The molecule has 0 aliphatic rings. The first-order valence-corrected chi connectivity index (χ1v) is 23.7. The highest BCUT2D eigenvalue weighted by Gasteiger charge is 2.23. The van der Waals surface area contributed by atoms with Crippen LogP contribution in [0.3, 0.4) is 0 Å². The SMILES string of the molecule is c1cc(-c2ccc(N(c3ccc(-c4ccc5ccccc5c4)cc3)c3ccc(-c4cc5ccccc5c5ccccc45)cc3)c3c2oc2ccccc23)cc(-n2c3ccccc3c3ccccc32)c1. The molecular weight excluding hydrogens is 837 g/mol. The predicted octanol–water partition coefficient (Wildman–Crippen LogP) is 18.6. The summed E-state index contributed by atoms with van der Waals surface area (Å²) in [7, 11) is 0. The maximum atomic E-state index is 7.00. The van der Waals surface area contributed by atoms with Gasteiger partial charge in [0.1, 0.15) is 11.2 Å². The molecule has 0 radical (unpaired) electrons. The van der Waals surface area contributed by atoms with Crippen LogP contribution in [0, 0.1) is 0 Å². The highest BCUT2D eigenvalue weighted by atomic mass is 16.3. The van der Waals surface area contributed by atoms with Gasteiger partial charge in [0.2, 0.25) is 0 Å². The van der Waals surface area contributed by atoms with Gasteiger partial charge in [0.05, 0.1) is 22.1 Å². The summed E-state index contributed by atoms with van der Waals surface area (Å²) in [6.45, 7) is 0. The zero-order valence-corrected chi connectivity index (χ0v) is 37.6. The number of anilines is 3. The van der Waals surface area contributed by atoms with Crippen molar-refractivity contribution in [3.05, 3.63) is 255 Å². The van der Waals surface area contributed by atoms with Gasteiger partial charge in [-0.1, -0.05) is 176 Å². The Morgan fingerprint density at radius 2 is 0.899 bits per heavy atom. The minimum atomic E-state index is 0.852. The Bertz CT molecular complexity index is 4260. The summed E-state index contributed by atoms with van der Waals surface area (Å²) in [6, 6.07) is 92.4. The van der Waals surface area contributed by atoms with E-state index in [0.717, 1.165) is 55.8 Å². The fourth-order valence-corrected chi connectivity index (χ4v) is 10.9. The van der Waals surface area contributed by atoms with Crippen LogP contribution in [0.1, 0.15) is 0 Å². The molecule has 0 saturated heterocycles. The highest BCUT2D eigenvalue weighted by Crippen LogP contribution is 2.47. The zero-order chi connectivity index (χ0) is 45.4. The largest absolute Gasteiger partial charge is 0.455 e. The molecule has 0 N–H and O–H groups in total. The Morgan fingerprint density at radius 1 is 0.319 bits per heavy atom. The van der Waals surface area contributed by atoms with E-state index in [-0.39, 0.29) is 0 Å². The molecule has 2 heterocycles. The van der Waals surface area contributed by atoms with Crippen molar-refractivity contribution in [2.75, 3.05) is 4.90 Å². The molecule has 0 bridgehead atoms. The molecule has 14 rings (SSSR count). The fourth-order valence-electron chi connectivity index (χ4n) is 10.9. The maximum Gasteiger partial charge on any atom is 0.145 e. The quantitative estimate of drug-likeness (QED) is 0.149. The Labute approximate surface area is 399 Å². The third-order valence-corrected chi connectivity index (χ3v) is 14.2. The Kier molecular flexibility index (Phi) is 8.90. The van der Waals surface area contributed by atoms with Crippen molar-refractivity contribution >= 4 is 93.1 Å². The Hall–Kier alpha value is -9.18. The van der Waals surface area contributed by atoms with Gasteiger partial charge in [-0.25, -0.2) is 0 Å². The first-order valence-electron chi connectivity index (χ1n) is 23.7. The molecule has 12 aromatic carbocycles. The molecule has 14 aromatic rings. The lowest BCUT2D eigenvalue weighted by Crippen LogP contribution is -2.10. The normalized spacial score (nSPS) is 11.8. The fraction of sp³-hybridized carbons (Fsp3) is 0. The molecule has 0 amide bonds. The zero-order valence-electron chi connectivity index (χ0n) is 37.6. The molecule has 0 spiro atoms. The van der Waals surface area contributed by atoms with Crippen LogP contribution < -0.4 is 4.90 Å². The van der Waals surface area contributed by atoms with Gasteiger partial charge < -0.3 is 13.9 Å². The summed E-state index contributed by atoms with van der Waals surface area (Å²) < 4.78 is 9.38. The van der Waals surface area contributed by atoms with Crippen molar-refractivity contribution in [3.63, 3.8) is 0 Å². The van der Waals surface area contributed by atoms with Crippen LogP contribution in [0.2, 0.25) is 0 Å². The van der Waals surface area contributed by atoms with Crippen LogP contribution in [0.25, 0.3) is 115 Å². The van der Waals surface area contributed by atoms with Crippen molar-refractivity contribution in [2.24, 2.45) is 0 Å². The minimum absolute atomic E-state index is 0.852.